The fourth-order valence-electron chi connectivity index (χ4n) is 0.925. The summed E-state index contributed by atoms with van der Waals surface area (Å²) in [6, 6.07) is 6.94. The number of rotatable bonds is 3. The maximum atomic E-state index is 11.3. The van der Waals surface area contributed by atoms with E-state index in [-0.39, 0.29) is 5.78 Å². The van der Waals surface area contributed by atoms with E-state index in [2.05, 4.69) is 5.32 Å². The van der Waals surface area contributed by atoms with Gasteiger partial charge in [-0.1, -0.05) is 23.7 Å². The third-order valence-electron chi connectivity index (χ3n) is 1.48. The van der Waals surface area contributed by atoms with Gasteiger partial charge in [-0.2, -0.15) is 0 Å². The van der Waals surface area contributed by atoms with E-state index in [0.717, 1.165) is 0 Å². The van der Waals surface area contributed by atoms with Gasteiger partial charge in [-0.3, -0.25) is 4.79 Å². The number of halogens is 1. The standard InChI is InChI=1S/C9H10ClNO/c1-11-6-9(12)7-3-2-4-8(10)5-7/h2-5,11H,6H2,1H3. The summed E-state index contributed by atoms with van der Waals surface area (Å²) in [6.07, 6.45) is 0. The van der Waals surface area contributed by atoms with E-state index in [1.807, 2.05) is 0 Å². The van der Waals surface area contributed by atoms with Gasteiger partial charge in [0.15, 0.2) is 5.78 Å². The molecule has 1 aromatic rings. The summed E-state index contributed by atoms with van der Waals surface area (Å²) in [7, 11) is 1.74. The highest BCUT2D eigenvalue weighted by Crippen LogP contribution is 2.10. The minimum Gasteiger partial charge on any atom is -0.313 e. The molecule has 0 aliphatic rings. The molecule has 64 valence electrons. The van der Waals surface area contributed by atoms with Crippen molar-refractivity contribution in [3.63, 3.8) is 0 Å². The van der Waals surface area contributed by atoms with Crippen molar-refractivity contribution >= 4 is 17.4 Å². The van der Waals surface area contributed by atoms with Crippen LogP contribution in [0.3, 0.4) is 0 Å². The number of carbonyl (C=O) groups excluding carboxylic acids is 1. The van der Waals surface area contributed by atoms with Gasteiger partial charge in [0, 0.05) is 10.6 Å². The van der Waals surface area contributed by atoms with E-state index < -0.39 is 0 Å². The monoisotopic (exact) mass is 183 g/mol. The van der Waals surface area contributed by atoms with Gasteiger partial charge in [-0.25, -0.2) is 0 Å². The Hall–Kier alpha value is -0.860. The Bertz CT molecular complexity index is 286. The summed E-state index contributed by atoms with van der Waals surface area (Å²) >= 11 is 5.72. The largest absolute Gasteiger partial charge is 0.313 e. The zero-order valence-corrected chi connectivity index (χ0v) is 7.56. The molecule has 0 saturated carbocycles. The maximum Gasteiger partial charge on any atom is 0.176 e. The lowest BCUT2D eigenvalue weighted by Crippen LogP contribution is -2.18. The third kappa shape index (κ3) is 2.32. The number of Topliss-reactive ketones (excluding diaryl/α,β-unsaturated/α-hetero) is 1. The van der Waals surface area contributed by atoms with Crippen LogP contribution in [-0.2, 0) is 0 Å². The van der Waals surface area contributed by atoms with Crippen molar-refractivity contribution in [3.8, 4) is 0 Å². The van der Waals surface area contributed by atoms with E-state index in [0.29, 0.717) is 17.1 Å². The molecule has 0 unspecified atom stereocenters. The van der Waals surface area contributed by atoms with Crippen molar-refractivity contribution in [1.29, 1.82) is 0 Å². The fraction of sp³-hybridized carbons (Fsp3) is 0.222. The summed E-state index contributed by atoms with van der Waals surface area (Å²) in [5.74, 6) is 0.0556. The first-order valence-corrected chi connectivity index (χ1v) is 4.05. The van der Waals surface area contributed by atoms with Crippen molar-refractivity contribution in [2.75, 3.05) is 13.6 Å². The minimum atomic E-state index is 0.0556. The van der Waals surface area contributed by atoms with Gasteiger partial charge in [0.1, 0.15) is 0 Å². The van der Waals surface area contributed by atoms with Crippen molar-refractivity contribution in [2.24, 2.45) is 0 Å². The molecule has 0 bridgehead atoms. The second-order valence-corrected chi connectivity index (χ2v) is 2.90. The molecule has 0 radical (unpaired) electrons. The molecular weight excluding hydrogens is 174 g/mol. The number of likely N-dealkylation sites (N-methyl/N-ethyl adjacent to an activating group) is 1. The van der Waals surface area contributed by atoms with Crippen molar-refractivity contribution in [2.45, 2.75) is 0 Å². The second kappa shape index (κ2) is 4.24. The number of nitrogens with one attached hydrogen (secondary N) is 1. The molecule has 0 atom stereocenters. The Morgan fingerprint density at radius 3 is 2.92 bits per heavy atom. The molecule has 2 nitrogen and oxygen atoms in total. The van der Waals surface area contributed by atoms with Gasteiger partial charge in [0.25, 0.3) is 0 Å². The summed E-state index contributed by atoms with van der Waals surface area (Å²) in [4.78, 5) is 11.3. The number of benzene rings is 1. The van der Waals surface area contributed by atoms with Gasteiger partial charge < -0.3 is 5.32 Å². The van der Waals surface area contributed by atoms with Crippen LogP contribution in [0.5, 0.6) is 0 Å². The van der Waals surface area contributed by atoms with Gasteiger partial charge in [0.05, 0.1) is 6.54 Å². The quantitative estimate of drug-likeness (QED) is 0.724. The Balaban J connectivity index is 2.81. The first-order chi connectivity index (χ1) is 5.74. The van der Waals surface area contributed by atoms with Crippen LogP contribution >= 0.6 is 11.6 Å². The van der Waals surface area contributed by atoms with E-state index >= 15 is 0 Å². The van der Waals surface area contributed by atoms with Gasteiger partial charge >= 0.3 is 0 Å². The van der Waals surface area contributed by atoms with E-state index in [9.17, 15) is 4.79 Å². The molecule has 0 aliphatic carbocycles. The maximum absolute atomic E-state index is 11.3. The lowest BCUT2D eigenvalue weighted by atomic mass is 10.1. The van der Waals surface area contributed by atoms with E-state index in [4.69, 9.17) is 11.6 Å². The smallest absolute Gasteiger partial charge is 0.176 e. The van der Waals surface area contributed by atoms with E-state index in [1.165, 1.54) is 0 Å². The molecule has 0 spiro atoms. The second-order valence-electron chi connectivity index (χ2n) is 2.46. The Morgan fingerprint density at radius 1 is 1.58 bits per heavy atom. The average molecular weight is 184 g/mol. The number of hydrogen-bond acceptors (Lipinski definition) is 2. The molecule has 1 rings (SSSR count). The van der Waals surface area contributed by atoms with Gasteiger partial charge in [0.2, 0.25) is 0 Å². The predicted molar refractivity (Wildman–Crippen MR) is 49.7 cm³/mol. The van der Waals surface area contributed by atoms with Gasteiger partial charge in [-0.15, -0.1) is 0 Å². The van der Waals surface area contributed by atoms with Crippen LogP contribution in [0.1, 0.15) is 10.4 Å². The molecular formula is C9H10ClNO. The highest BCUT2D eigenvalue weighted by molar-refractivity contribution is 6.31. The molecule has 0 aliphatic heterocycles. The molecule has 0 amide bonds. The summed E-state index contributed by atoms with van der Waals surface area (Å²) in [6.45, 7) is 0.348. The van der Waals surface area contributed by atoms with Crippen LogP contribution in [0.25, 0.3) is 0 Å². The number of hydrogen-bond donors (Lipinski definition) is 1. The summed E-state index contributed by atoms with van der Waals surface area (Å²) in [5.41, 5.74) is 0.650. The fourth-order valence-corrected chi connectivity index (χ4v) is 1.11. The van der Waals surface area contributed by atoms with Crippen LogP contribution in [-0.4, -0.2) is 19.4 Å². The molecule has 0 aromatic heterocycles. The topological polar surface area (TPSA) is 29.1 Å². The van der Waals surface area contributed by atoms with E-state index in [1.54, 1.807) is 31.3 Å². The Labute approximate surface area is 76.5 Å². The zero-order valence-electron chi connectivity index (χ0n) is 6.80. The molecule has 0 fully saturated rings. The Kier molecular flexibility index (Phi) is 3.26. The normalized spacial score (nSPS) is 9.83. The van der Waals surface area contributed by atoms with Crippen LogP contribution in [0.15, 0.2) is 24.3 Å². The number of carbonyl (C=O) groups is 1. The lowest BCUT2D eigenvalue weighted by Gasteiger charge is -1.99. The first kappa shape index (κ1) is 9.23. The first-order valence-electron chi connectivity index (χ1n) is 3.67. The Morgan fingerprint density at radius 2 is 2.33 bits per heavy atom. The molecule has 12 heavy (non-hydrogen) atoms. The van der Waals surface area contributed by atoms with Crippen LogP contribution < -0.4 is 5.32 Å². The van der Waals surface area contributed by atoms with Crippen LogP contribution in [0.4, 0.5) is 0 Å². The highest BCUT2D eigenvalue weighted by atomic mass is 35.5. The summed E-state index contributed by atoms with van der Waals surface area (Å²) < 4.78 is 0. The molecule has 0 saturated heterocycles. The summed E-state index contributed by atoms with van der Waals surface area (Å²) in [5, 5.41) is 3.39. The van der Waals surface area contributed by atoms with Crippen LogP contribution in [0.2, 0.25) is 5.02 Å². The molecule has 0 heterocycles. The van der Waals surface area contributed by atoms with Crippen LogP contribution in [0, 0.1) is 0 Å². The van der Waals surface area contributed by atoms with Crippen molar-refractivity contribution in [3.05, 3.63) is 34.9 Å². The average Bonchev–Trinajstić information content (AvgIpc) is 2.05. The molecule has 3 heteroatoms. The van der Waals surface area contributed by atoms with Crippen molar-refractivity contribution < 1.29 is 4.79 Å². The zero-order chi connectivity index (χ0) is 8.97. The SMILES string of the molecule is CNCC(=O)c1cccc(Cl)c1. The van der Waals surface area contributed by atoms with Gasteiger partial charge in [-0.05, 0) is 19.2 Å². The molecule has 1 N–H and O–H groups in total. The lowest BCUT2D eigenvalue weighted by molar-refractivity contribution is 0.0993. The molecule has 1 aromatic carbocycles. The van der Waals surface area contributed by atoms with Crippen molar-refractivity contribution in [1.82, 2.24) is 5.32 Å². The minimum absolute atomic E-state index is 0.0556. The number of ketones is 1. The third-order valence-corrected chi connectivity index (χ3v) is 1.72. The predicted octanol–water partition coefficient (Wildman–Crippen LogP) is 1.74. The highest BCUT2D eigenvalue weighted by Gasteiger charge is 2.03.